The molecule has 0 saturated carbocycles. The fourth-order valence-electron chi connectivity index (χ4n) is 4.71. The summed E-state index contributed by atoms with van der Waals surface area (Å²) in [7, 11) is 3.05. The van der Waals surface area contributed by atoms with Crippen molar-refractivity contribution in [3.63, 3.8) is 0 Å². The monoisotopic (exact) mass is 496 g/mol. The van der Waals surface area contributed by atoms with Crippen molar-refractivity contribution in [3.05, 3.63) is 34.5 Å². The zero-order valence-electron chi connectivity index (χ0n) is 18.7. The highest BCUT2D eigenvalue weighted by atomic mass is 32.1. The molecule has 1 aromatic carbocycles. The Kier molecular flexibility index (Phi) is 4.96. The van der Waals surface area contributed by atoms with Crippen LogP contribution in [0.1, 0.15) is 16.7 Å². The molecule has 2 N–H and O–H groups in total. The summed E-state index contributed by atoms with van der Waals surface area (Å²) in [5, 5.41) is 10.5. The number of hydrogen-bond acceptors (Lipinski definition) is 10. The van der Waals surface area contributed by atoms with Gasteiger partial charge in [-0.05, 0) is 11.1 Å². The van der Waals surface area contributed by atoms with E-state index >= 15 is 4.39 Å². The summed E-state index contributed by atoms with van der Waals surface area (Å²) in [5.41, 5.74) is 7.59. The van der Waals surface area contributed by atoms with Gasteiger partial charge < -0.3 is 24.8 Å². The Bertz CT molecular complexity index is 1580. The standard InChI is InChI=1S/C23H18F2N6O3S/c1-32-9-5-31(6-9)22-16-12-8-34-7-11(12)14(17(25)19(16)29-23(30-22)33-2)18-15-10(3-26)21(27)35-20(15)13(24)4-28-18/h4,9H,5-8,27H2,1-2H3. The number of nitrogen functional groups attached to an aromatic ring is 1. The van der Waals surface area contributed by atoms with E-state index < -0.39 is 11.6 Å². The Morgan fingerprint density at radius 1 is 1.20 bits per heavy atom. The van der Waals surface area contributed by atoms with E-state index in [-0.39, 0.29) is 62.8 Å². The third-order valence-electron chi connectivity index (χ3n) is 6.47. The molecule has 0 bridgehead atoms. The van der Waals surface area contributed by atoms with Crippen LogP contribution < -0.4 is 15.4 Å². The SMILES string of the molecule is COc1nc(N2CC(OC)C2)c2c3c(c(-c4ncc(F)c5sc(N)c(C#N)c45)c(F)c2n1)COC3. The summed E-state index contributed by atoms with van der Waals surface area (Å²) in [6.45, 7) is 1.51. The molecule has 35 heavy (non-hydrogen) atoms. The van der Waals surface area contributed by atoms with Crippen LogP contribution in [0.15, 0.2) is 6.20 Å². The van der Waals surface area contributed by atoms with Gasteiger partial charge >= 0.3 is 6.01 Å². The van der Waals surface area contributed by atoms with Crippen molar-refractivity contribution in [1.82, 2.24) is 15.0 Å². The summed E-state index contributed by atoms with van der Waals surface area (Å²) in [4.78, 5) is 15.0. The number of thiophene rings is 1. The fraction of sp³-hybridized carbons (Fsp3) is 0.304. The highest BCUT2D eigenvalue weighted by Crippen LogP contribution is 2.46. The molecule has 5 heterocycles. The first-order valence-electron chi connectivity index (χ1n) is 10.7. The summed E-state index contributed by atoms with van der Waals surface area (Å²) in [5.74, 6) is -0.779. The lowest BCUT2D eigenvalue weighted by atomic mass is 9.93. The Morgan fingerprint density at radius 2 is 1.97 bits per heavy atom. The van der Waals surface area contributed by atoms with E-state index in [0.717, 1.165) is 23.1 Å². The minimum Gasteiger partial charge on any atom is -0.467 e. The molecular weight excluding hydrogens is 478 g/mol. The molecule has 1 saturated heterocycles. The first-order valence-corrected chi connectivity index (χ1v) is 11.5. The Hall–Kier alpha value is -3.66. The van der Waals surface area contributed by atoms with Crippen LogP contribution in [0, 0.1) is 23.0 Å². The number of hydrogen-bond donors (Lipinski definition) is 1. The number of rotatable bonds is 4. The van der Waals surface area contributed by atoms with Gasteiger partial charge in [0.05, 0.1) is 54.0 Å². The number of pyridine rings is 1. The van der Waals surface area contributed by atoms with E-state index in [2.05, 4.69) is 15.0 Å². The lowest BCUT2D eigenvalue weighted by Crippen LogP contribution is -2.52. The molecule has 0 radical (unpaired) electrons. The molecule has 2 aliphatic heterocycles. The lowest BCUT2D eigenvalue weighted by Gasteiger charge is -2.39. The van der Waals surface area contributed by atoms with E-state index in [1.807, 2.05) is 11.0 Å². The van der Waals surface area contributed by atoms with Crippen LogP contribution in [0.25, 0.3) is 32.2 Å². The summed E-state index contributed by atoms with van der Waals surface area (Å²) < 4.78 is 47.6. The Labute approximate surface area is 201 Å². The Morgan fingerprint density at radius 3 is 2.69 bits per heavy atom. The van der Waals surface area contributed by atoms with Gasteiger partial charge in [-0.2, -0.15) is 15.2 Å². The molecule has 1 fully saturated rings. The second-order valence-electron chi connectivity index (χ2n) is 8.27. The number of fused-ring (bicyclic) bond motifs is 4. The molecular formula is C23H18F2N6O3S. The molecule has 0 atom stereocenters. The van der Waals surface area contributed by atoms with Crippen LogP contribution in [0.2, 0.25) is 0 Å². The topological polar surface area (TPSA) is 119 Å². The molecule has 12 heteroatoms. The zero-order valence-corrected chi connectivity index (χ0v) is 19.5. The van der Waals surface area contributed by atoms with Crippen LogP contribution >= 0.6 is 11.3 Å². The summed E-state index contributed by atoms with van der Waals surface area (Å²) in [6.07, 6.45) is 1.06. The van der Waals surface area contributed by atoms with Gasteiger partial charge in [0.25, 0.3) is 0 Å². The molecule has 3 aromatic heterocycles. The van der Waals surface area contributed by atoms with E-state index in [0.29, 0.717) is 29.9 Å². The number of aromatic nitrogens is 3. The van der Waals surface area contributed by atoms with E-state index in [9.17, 15) is 9.65 Å². The minimum atomic E-state index is -0.677. The molecule has 9 nitrogen and oxygen atoms in total. The molecule has 6 rings (SSSR count). The van der Waals surface area contributed by atoms with Gasteiger partial charge in [0.15, 0.2) is 11.6 Å². The molecule has 0 unspecified atom stereocenters. The van der Waals surface area contributed by atoms with Crippen LogP contribution in [-0.2, 0) is 22.7 Å². The van der Waals surface area contributed by atoms with Crippen molar-refractivity contribution in [2.45, 2.75) is 19.3 Å². The molecule has 0 spiro atoms. The number of halogens is 2. The molecule has 178 valence electrons. The third-order valence-corrected chi connectivity index (χ3v) is 7.49. The smallest absolute Gasteiger partial charge is 0.318 e. The largest absolute Gasteiger partial charge is 0.467 e. The second kappa shape index (κ2) is 7.94. The van der Waals surface area contributed by atoms with Crippen molar-refractivity contribution in [1.29, 1.82) is 5.26 Å². The van der Waals surface area contributed by atoms with Crippen LogP contribution in [0.4, 0.5) is 19.6 Å². The molecule has 0 aliphatic carbocycles. The highest BCUT2D eigenvalue weighted by Gasteiger charge is 2.35. The van der Waals surface area contributed by atoms with Gasteiger partial charge in [0.2, 0.25) is 0 Å². The van der Waals surface area contributed by atoms with Crippen molar-refractivity contribution in [2.24, 2.45) is 0 Å². The minimum absolute atomic E-state index is 0.00628. The van der Waals surface area contributed by atoms with E-state index in [4.69, 9.17) is 19.9 Å². The molecule has 0 amide bonds. The van der Waals surface area contributed by atoms with Crippen LogP contribution in [0.3, 0.4) is 0 Å². The third kappa shape index (κ3) is 3.05. The predicted molar refractivity (Wildman–Crippen MR) is 125 cm³/mol. The highest BCUT2D eigenvalue weighted by molar-refractivity contribution is 7.23. The molecule has 2 aliphatic rings. The van der Waals surface area contributed by atoms with E-state index in [1.165, 1.54) is 7.11 Å². The quantitative estimate of drug-likeness (QED) is 0.453. The average molecular weight is 496 g/mol. The van der Waals surface area contributed by atoms with E-state index in [1.54, 1.807) is 7.11 Å². The Balaban J connectivity index is 1.70. The number of anilines is 2. The number of nitriles is 1. The average Bonchev–Trinajstić information content (AvgIpc) is 3.44. The molecule has 4 aromatic rings. The summed E-state index contributed by atoms with van der Waals surface area (Å²) in [6, 6.07) is 2.01. The van der Waals surface area contributed by atoms with Gasteiger partial charge in [-0.15, -0.1) is 11.3 Å². The normalized spacial score (nSPS) is 15.5. The maximum atomic E-state index is 16.4. The van der Waals surface area contributed by atoms with Crippen molar-refractivity contribution in [2.75, 3.05) is 37.9 Å². The van der Waals surface area contributed by atoms with Crippen molar-refractivity contribution >= 4 is 43.1 Å². The predicted octanol–water partition coefficient (Wildman–Crippen LogP) is 3.51. The number of ether oxygens (including phenoxy) is 3. The van der Waals surface area contributed by atoms with Gasteiger partial charge in [0.1, 0.15) is 22.4 Å². The number of methoxy groups -OCH3 is 2. The van der Waals surface area contributed by atoms with Gasteiger partial charge in [0, 0.05) is 31.1 Å². The maximum Gasteiger partial charge on any atom is 0.318 e. The fourth-order valence-corrected chi connectivity index (χ4v) is 5.63. The van der Waals surface area contributed by atoms with Crippen LogP contribution in [0.5, 0.6) is 6.01 Å². The summed E-state index contributed by atoms with van der Waals surface area (Å²) >= 11 is 0.929. The van der Waals surface area contributed by atoms with Crippen molar-refractivity contribution < 1.29 is 23.0 Å². The first kappa shape index (κ1) is 21.8. The van der Waals surface area contributed by atoms with Gasteiger partial charge in [-0.3, -0.25) is 4.98 Å². The maximum absolute atomic E-state index is 16.4. The number of nitrogens with zero attached hydrogens (tertiary/aromatic N) is 5. The first-order chi connectivity index (χ1) is 17.0. The van der Waals surface area contributed by atoms with Gasteiger partial charge in [-0.1, -0.05) is 0 Å². The van der Waals surface area contributed by atoms with Crippen molar-refractivity contribution in [3.8, 4) is 23.3 Å². The van der Waals surface area contributed by atoms with Gasteiger partial charge in [-0.25, -0.2) is 8.78 Å². The second-order valence-corrected chi connectivity index (χ2v) is 9.32. The number of benzene rings is 1. The zero-order chi connectivity index (χ0) is 24.4. The van der Waals surface area contributed by atoms with Crippen LogP contribution in [-0.4, -0.2) is 48.4 Å². The number of nitrogens with two attached hydrogens (primary N) is 1. The lowest BCUT2D eigenvalue weighted by molar-refractivity contribution is 0.0784.